The Kier molecular flexibility index (Phi) is 23.5. The normalized spacial score (nSPS) is 12.5. The Morgan fingerprint density at radius 1 is 0.583 bits per heavy atom. The highest BCUT2D eigenvalue weighted by Crippen LogP contribution is 2.30. The molecule has 0 spiro atoms. The summed E-state index contributed by atoms with van der Waals surface area (Å²) in [6.45, 7) is 12.2. The first-order valence-electron chi connectivity index (χ1n) is 17.6. The van der Waals surface area contributed by atoms with Crippen molar-refractivity contribution in [2.75, 3.05) is 107 Å². The maximum absolute atomic E-state index is 6.80. The van der Waals surface area contributed by atoms with E-state index >= 15 is 0 Å². The SMILES string of the molecule is CCCCCCOc1ccccc1N=Nc1ccc(OC(CCC)[N+](CCOCCOC)(CCOCCOC)CCOCCOC)cc1. The first kappa shape index (κ1) is 41.5. The predicted molar refractivity (Wildman–Crippen MR) is 189 cm³/mol. The van der Waals surface area contributed by atoms with E-state index in [1.807, 2.05) is 48.5 Å². The Balaban J connectivity index is 2.21. The van der Waals surface area contributed by atoms with Crippen molar-refractivity contribution in [2.24, 2.45) is 10.2 Å². The molecule has 11 heteroatoms. The van der Waals surface area contributed by atoms with E-state index in [0.29, 0.717) is 76.2 Å². The fraction of sp³-hybridized carbons (Fsp3) is 0.676. The summed E-state index contributed by atoms with van der Waals surface area (Å²) < 4.78 is 46.9. The van der Waals surface area contributed by atoms with Gasteiger partial charge in [-0.15, -0.1) is 5.11 Å². The molecule has 0 N–H and O–H groups in total. The molecule has 48 heavy (non-hydrogen) atoms. The number of nitrogens with zero attached hydrogens (tertiary/aromatic N) is 3. The van der Waals surface area contributed by atoms with Gasteiger partial charge in [0, 0.05) is 27.8 Å². The van der Waals surface area contributed by atoms with Gasteiger partial charge >= 0.3 is 0 Å². The zero-order valence-electron chi connectivity index (χ0n) is 30.2. The van der Waals surface area contributed by atoms with Crippen LogP contribution in [0.1, 0.15) is 52.4 Å². The number of hydrogen-bond acceptors (Lipinski definition) is 10. The molecule has 1 atom stereocenters. The second kappa shape index (κ2) is 27.2. The third-order valence-electron chi connectivity index (χ3n) is 7.99. The lowest BCUT2D eigenvalue weighted by atomic mass is 10.2. The monoisotopic (exact) mass is 676 g/mol. The zero-order valence-corrected chi connectivity index (χ0v) is 30.2. The van der Waals surface area contributed by atoms with E-state index in [4.69, 9.17) is 37.9 Å². The number of hydrogen-bond donors (Lipinski definition) is 0. The first-order chi connectivity index (χ1) is 23.6. The minimum Gasteiger partial charge on any atom is -0.491 e. The third-order valence-corrected chi connectivity index (χ3v) is 7.99. The second-order valence-corrected chi connectivity index (χ2v) is 11.6. The highest BCUT2D eigenvalue weighted by molar-refractivity contribution is 5.51. The lowest BCUT2D eigenvalue weighted by molar-refractivity contribution is -0.969. The maximum atomic E-state index is 6.80. The average molecular weight is 677 g/mol. The molecule has 0 saturated carbocycles. The molecular formula is C37H62N3O8+. The van der Waals surface area contributed by atoms with E-state index in [2.05, 4.69) is 24.1 Å². The molecule has 0 aromatic heterocycles. The van der Waals surface area contributed by atoms with Gasteiger partial charge in [-0.3, -0.25) is 4.48 Å². The standard InChI is InChI=1S/C37H62N3O8/c1-6-8-9-12-23-47-36-15-11-10-14-35(36)39-38-33-16-18-34(19-17-33)48-37(13-7-2)40(20-24-44-30-27-41-3,21-25-45-31-28-42-4)22-26-46-32-29-43-5/h10-11,14-19,37H,6-9,12-13,20-32H2,1-5H3/q+1. The van der Waals surface area contributed by atoms with E-state index in [0.717, 1.165) is 56.1 Å². The van der Waals surface area contributed by atoms with E-state index in [9.17, 15) is 0 Å². The van der Waals surface area contributed by atoms with Crippen molar-refractivity contribution < 1.29 is 42.4 Å². The van der Waals surface area contributed by atoms with Crippen LogP contribution in [0.4, 0.5) is 11.4 Å². The maximum Gasteiger partial charge on any atom is 0.233 e. The van der Waals surface area contributed by atoms with Crippen LogP contribution in [0.5, 0.6) is 11.5 Å². The van der Waals surface area contributed by atoms with E-state index < -0.39 is 0 Å². The van der Waals surface area contributed by atoms with Crippen molar-refractivity contribution in [3.05, 3.63) is 48.5 Å². The second-order valence-electron chi connectivity index (χ2n) is 11.6. The van der Waals surface area contributed by atoms with Crippen LogP contribution in [0, 0.1) is 0 Å². The van der Waals surface area contributed by atoms with Gasteiger partial charge in [0.15, 0.2) is 0 Å². The van der Waals surface area contributed by atoms with E-state index in [1.54, 1.807) is 21.3 Å². The molecule has 0 aliphatic heterocycles. The highest BCUT2D eigenvalue weighted by atomic mass is 16.5. The summed E-state index contributed by atoms with van der Waals surface area (Å²) >= 11 is 0. The van der Waals surface area contributed by atoms with Crippen LogP contribution in [-0.2, 0) is 28.4 Å². The summed E-state index contributed by atoms with van der Waals surface area (Å²) in [5.41, 5.74) is 1.45. The number of ether oxygens (including phenoxy) is 8. The summed E-state index contributed by atoms with van der Waals surface area (Å²) in [6, 6.07) is 15.6. The molecule has 0 saturated heterocycles. The van der Waals surface area contributed by atoms with Crippen molar-refractivity contribution in [3.63, 3.8) is 0 Å². The van der Waals surface area contributed by atoms with Crippen molar-refractivity contribution in [3.8, 4) is 11.5 Å². The molecule has 0 amide bonds. The summed E-state index contributed by atoms with van der Waals surface area (Å²) in [4.78, 5) is 0. The van der Waals surface area contributed by atoms with E-state index in [-0.39, 0.29) is 6.23 Å². The van der Waals surface area contributed by atoms with Gasteiger partial charge in [-0.05, 0) is 49.2 Å². The molecule has 0 fully saturated rings. The Morgan fingerprint density at radius 2 is 1.17 bits per heavy atom. The van der Waals surface area contributed by atoms with Gasteiger partial charge in [-0.25, -0.2) is 0 Å². The fourth-order valence-corrected chi connectivity index (χ4v) is 5.16. The summed E-state index contributed by atoms with van der Waals surface area (Å²) in [6.07, 6.45) is 6.28. The molecule has 2 rings (SSSR count). The Hall–Kier alpha value is -2.64. The lowest BCUT2D eigenvalue weighted by Crippen LogP contribution is -2.62. The van der Waals surface area contributed by atoms with Gasteiger partial charge in [0.1, 0.15) is 36.8 Å². The average Bonchev–Trinajstić information content (AvgIpc) is 3.11. The lowest BCUT2D eigenvalue weighted by Gasteiger charge is -2.44. The van der Waals surface area contributed by atoms with Gasteiger partial charge in [0.25, 0.3) is 0 Å². The van der Waals surface area contributed by atoms with Crippen LogP contribution in [-0.4, -0.2) is 118 Å². The molecule has 1 unspecified atom stereocenters. The molecular weight excluding hydrogens is 614 g/mol. The number of para-hydroxylation sites is 1. The molecule has 0 aliphatic rings. The molecule has 2 aromatic rings. The van der Waals surface area contributed by atoms with Gasteiger partial charge < -0.3 is 37.9 Å². The molecule has 0 radical (unpaired) electrons. The van der Waals surface area contributed by atoms with Gasteiger partial charge in [-0.2, -0.15) is 5.11 Å². The number of methoxy groups -OCH3 is 3. The number of quaternary nitrogens is 1. The largest absolute Gasteiger partial charge is 0.491 e. The van der Waals surface area contributed by atoms with Crippen LogP contribution in [0.15, 0.2) is 58.8 Å². The van der Waals surface area contributed by atoms with Crippen LogP contribution >= 0.6 is 0 Å². The quantitative estimate of drug-likeness (QED) is 0.0353. The first-order valence-corrected chi connectivity index (χ1v) is 17.6. The number of azo groups is 1. The number of benzene rings is 2. The third kappa shape index (κ3) is 17.1. The van der Waals surface area contributed by atoms with Crippen LogP contribution in [0.25, 0.3) is 0 Å². The van der Waals surface area contributed by atoms with Crippen molar-refractivity contribution in [2.45, 2.75) is 58.6 Å². The molecule has 272 valence electrons. The number of rotatable bonds is 31. The van der Waals surface area contributed by atoms with Gasteiger partial charge in [0.2, 0.25) is 6.23 Å². The molecule has 0 heterocycles. The Morgan fingerprint density at radius 3 is 1.71 bits per heavy atom. The van der Waals surface area contributed by atoms with E-state index in [1.165, 1.54) is 19.3 Å². The summed E-state index contributed by atoms with van der Waals surface area (Å²) in [7, 11) is 5.04. The summed E-state index contributed by atoms with van der Waals surface area (Å²) in [5, 5.41) is 9.00. The fourth-order valence-electron chi connectivity index (χ4n) is 5.16. The highest BCUT2D eigenvalue weighted by Gasteiger charge is 2.38. The van der Waals surface area contributed by atoms with Crippen molar-refractivity contribution in [1.82, 2.24) is 0 Å². The van der Waals surface area contributed by atoms with Gasteiger partial charge in [-0.1, -0.05) is 45.2 Å². The predicted octanol–water partition coefficient (Wildman–Crippen LogP) is 7.37. The molecule has 2 aromatic carbocycles. The smallest absolute Gasteiger partial charge is 0.233 e. The van der Waals surface area contributed by atoms with Crippen molar-refractivity contribution in [1.29, 1.82) is 0 Å². The minimum atomic E-state index is -0.146. The summed E-state index contributed by atoms with van der Waals surface area (Å²) in [5.74, 6) is 1.52. The van der Waals surface area contributed by atoms with Crippen LogP contribution < -0.4 is 9.47 Å². The molecule has 11 nitrogen and oxygen atoms in total. The number of unbranched alkanes of at least 4 members (excludes halogenated alkanes) is 3. The minimum absolute atomic E-state index is 0.146. The van der Waals surface area contributed by atoms with Crippen LogP contribution in [0.3, 0.4) is 0 Å². The molecule has 0 aliphatic carbocycles. The van der Waals surface area contributed by atoms with Gasteiger partial charge in [0.05, 0.1) is 71.8 Å². The zero-order chi connectivity index (χ0) is 34.5. The Bertz CT molecular complexity index is 1040. The molecule has 0 bridgehead atoms. The topological polar surface area (TPSA) is 98.6 Å². The van der Waals surface area contributed by atoms with Crippen LogP contribution in [0.2, 0.25) is 0 Å². The van der Waals surface area contributed by atoms with Crippen molar-refractivity contribution >= 4 is 11.4 Å². The Labute approximate surface area is 289 Å².